The van der Waals surface area contributed by atoms with Crippen molar-refractivity contribution in [2.75, 3.05) is 0 Å². The van der Waals surface area contributed by atoms with Crippen LogP contribution < -0.4 is 4.74 Å². The van der Waals surface area contributed by atoms with Gasteiger partial charge in [-0.25, -0.2) is 0 Å². The second-order valence-electron chi connectivity index (χ2n) is 4.06. The minimum absolute atomic E-state index is 0.0116. The number of pyridine rings is 1. The Bertz CT molecular complexity index is 711. The minimum Gasteiger partial charge on any atom is -0.453 e. The number of aromatic nitrogens is 1. The number of Topliss-reactive ketones (excluding diaryl/α,β-unsaturated/α-hetero) is 1. The average molecular weight is 327 g/mol. The monoisotopic (exact) mass is 326 g/mol. The lowest BCUT2D eigenvalue weighted by Gasteiger charge is -2.09. The Labute approximate surface area is 129 Å². The molecule has 0 N–H and O–H groups in total. The van der Waals surface area contributed by atoms with E-state index in [0.29, 0.717) is 5.56 Å². The van der Waals surface area contributed by atoms with Crippen LogP contribution in [-0.4, -0.2) is 15.7 Å². The lowest BCUT2D eigenvalue weighted by molar-refractivity contribution is -0.384. The van der Waals surface area contributed by atoms with Crippen molar-refractivity contribution in [2.45, 2.75) is 6.92 Å². The molecule has 1 aromatic heterocycles. The van der Waals surface area contributed by atoms with Gasteiger partial charge in [-0.2, -0.15) is 0 Å². The number of nitrogens with zero attached hydrogens (tertiary/aromatic N) is 2. The highest BCUT2D eigenvalue weighted by atomic mass is 35.5. The summed E-state index contributed by atoms with van der Waals surface area (Å²) in [5.74, 6) is 0.139. The number of ketones is 1. The van der Waals surface area contributed by atoms with Gasteiger partial charge in [-0.15, -0.1) is 0 Å². The number of nitro benzene ring substituents is 1. The van der Waals surface area contributed by atoms with Gasteiger partial charge in [0.2, 0.25) is 0 Å². The molecule has 0 aliphatic rings. The molecule has 2 rings (SSSR count). The van der Waals surface area contributed by atoms with Crippen LogP contribution in [0.15, 0.2) is 30.6 Å². The molecular formula is C13H8Cl2N2O4. The summed E-state index contributed by atoms with van der Waals surface area (Å²) >= 11 is 11.9. The van der Waals surface area contributed by atoms with E-state index in [1.165, 1.54) is 25.4 Å². The van der Waals surface area contributed by atoms with Gasteiger partial charge in [-0.05, 0) is 13.0 Å². The molecule has 0 aliphatic carbocycles. The van der Waals surface area contributed by atoms with Crippen molar-refractivity contribution in [1.82, 2.24) is 4.98 Å². The minimum atomic E-state index is -0.612. The smallest absolute Gasteiger partial charge is 0.272 e. The number of hydrogen-bond donors (Lipinski definition) is 0. The maximum absolute atomic E-state index is 11.3. The summed E-state index contributed by atoms with van der Waals surface area (Å²) in [5, 5.41) is 10.7. The van der Waals surface area contributed by atoms with Crippen molar-refractivity contribution < 1.29 is 14.5 Å². The molecular weight excluding hydrogens is 319 g/mol. The molecule has 108 valence electrons. The maximum atomic E-state index is 11.3. The molecule has 0 aliphatic heterocycles. The molecule has 8 heteroatoms. The van der Waals surface area contributed by atoms with Crippen LogP contribution in [0.3, 0.4) is 0 Å². The van der Waals surface area contributed by atoms with Crippen molar-refractivity contribution in [1.29, 1.82) is 0 Å². The summed E-state index contributed by atoms with van der Waals surface area (Å²) in [6.07, 6.45) is 2.77. The summed E-state index contributed by atoms with van der Waals surface area (Å²) in [5.41, 5.74) is 0.120. The van der Waals surface area contributed by atoms with Gasteiger partial charge in [0.1, 0.15) is 5.75 Å². The molecule has 6 nitrogen and oxygen atoms in total. The molecule has 0 saturated carbocycles. The third kappa shape index (κ3) is 3.48. The fourth-order valence-electron chi connectivity index (χ4n) is 1.53. The maximum Gasteiger partial charge on any atom is 0.272 e. The first-order valence-electron chi connectivity index (χ1n) is 5.65. The van der Waals surface area contributed by atoms with Gasteiger partial charge in [0.05, 0.1) is 21.2 Å². The van der Waals surface area contributed by atoms with Gasteiger partial charge in [0.15, 0.2) is 11.5 Å². The quantitative estimate of drug-likeness (QED) is 0.475. The number of carbonyl (C=O) groups is 1. The Morgan fingerprint density at radius 3 is 2.38 bits per heavy atom. The number of non-ortho nitro benzene ring substituents is 1. The van der Waals surface area contributed by atoms with Gasteiger partial charge >= 0.3 is 0 Å². The van der Waals surface area contributed by atoms with Crippen molar-refractivity contribution >= 4 is 34.7 Å². The van der Waals surface area contributed by atoms with Gasteiger partial charge in [-0.1, -0.05) is 23.2 Å². The molecule has 1 aromatic carbocycles. The highest BCUT2D eigenvalue weighted by Crippen LogP contribution is 2.39. The normalized spacial score (nSPS) is 10.2. The summed E-state index contributed by atoms with van der Waals surface area (Å²) < 4.78 is 5.46. The first-order valence-corrected chi connectivity index (χ1v) is 6.41. The van der Waals surface area contributed by atoms with E-state index in [1.807, 2.05) is 0 Å². The topological polar surface area (TPSA) is 82.3 Å². The average Bonchev–Trinajstić information content (AvgIpc) is 2.42. The van der Waals surface area contributed by atoms with Gasteiger partial charge in [-0.3, -0.25) is 19.9 Å². The Morgan fingerprint density at radius 1 is 1.24 bits per heavy atom. The van der Waals surface area contributed by atoms with Crippen LogP contribution in [0.5, 0.6) is 11.5 Å². The molecule has 1 heterocycles. The summed E-state index contributed by atoms with van der Waals surface area (Å²) in [7, 11) is 0. The third-order valence-corrected chi connectivity index (χ3v) is 3.09. The van der Waals surface area contributed by atoms with E-state index < -0.39 is 4.92 Å². The molecule has 0 radical (unpaired) electrons. The first-order chi connectivity index (χ1) is 9.88. The van der Waals surface area contributed by atoms with Crippen molar-refractivity contribution in [3.8, 4) is 11.5 Å². The van der Waals surface area contributed by atoms with Crippen LogP contribution in [0.2, 0.25) is 10.0 Å². The lowest BCUT2D eigenvalue weighted by atomic mass is 10.2. The molecule has 0 bridgehead atoms. The zero-order valence-electron chi connectivity index (χ0n) is 10.7. The van der Waals surface area contributed by atoms with E-state index in [-0.39, 0.29) is 33.0 Å². The number of carbonyl (C=O) groups excluding carboxylic acids is 1. The van der Waals surface area contributed by atoms with Crippen molar-refractivity contribution in [3.63, 3.8) is 0 Å². The lowest BCUT2D eigenvalue weighted by Crippen LogP contribution is -1.95. The Kier molecular flexibility index (Phi) is 4.40. The number of nitro groups is 1. The van der Waals surface area contributed by atoms with Crippen LogP contribution in [0.25, 0.3) is 0 Å². The fraction of sp³-hybridized carbons (Fsp3) is 0.0769. The highest BCUT2D eigenvalue weighted by Gasteiger charge is 2.16. The SMILES string of the molecule is CC(=O)c1cncc(Oc2c(Cl)cc([N+](=O)[O-])cc2Cl)c1. The van der Waals surface area contributed by atoms with E-state index in [9.17, 15) is 14.9 Å². The number of rotatable bonds is 4. The van der Waals surface area contributed by atoms with E-state index >= 15 is 0 Å². The van der Waals surface area contributed by atoms with Crippen LogP contribution in [0, 0.1) is 10.1 Å². The zero-order chi connectivity index (χ0) is 15.6. The van der Waals surface area contributed by atoms with Crippen LogP contribution in [-0.2, 0) is 0 Å². The highest BCUT2D eigenvalue weighted by molar-refractivity contribution is 6.37. The molecule has 0 atom stereocenters. The second kappa shape index (κ2) is 6.07. The third-order valence-electron chi connectivity index (χ3n) is 2.53. The summed E-state index contributed by atoms with van der Waals surface area (Å²) in [6.45, 7) is 1.40. The fourth-order valence-corrected chi connectivity index (χ4v) is 2.09. The Hall–Kier alpha value is -2.18. The van der Waals surface area contributed by atoms with Gasteiger partial charge < -0.3 is 4.74 Å². The Morgan fingerprint density at radius 2 is 1.86 bits per heavy atom. The molecule has 0 spiro atoms. The standard InChI is InChI=1S/C13H8Cl2N2O4/c1-7(18)8-2-10(6-16-5-8)21-13-11(14)3-9(17(19)20)4-12(13)15/h2-6H,1H3. The van der Waals surface area contributed by atoms with Gasteiger partial charge in [0.25, 0.3) is 5.69 Å². The van der Waals surface area contributed by atoms with E-state index in [2.05, 4.69) is 4.98 Å². The summed E-state index contributed by atoms with van der Waals surface area (Å²) in [6, 6.07) is 3.74. The van der Waals surface area contributed by atoms with Crippen LogP contribution >= 0.6 is 23.2 Å². The molecule has 0 saturated heterocycles. The van der Waals surface area contributed by atoms with E-state index in [1.54, 1.807) is 0 Å². The molecule has 2 aromatic rings. The number of ether oxygens (including phenoxy) is 1. The van der Waals surface area contributed by atoms with Crippen LogP contribution in [0.4, 0.5) is 5.69 Å². The second-order valence-corrected chi connectivity index (χ2v) is 4.88. The zero-order valence-corrected chi connectivity index (χ0v) is 12.2. The van der Waals surface area contributed by atoms with Gasteiger partial charge in [0, 0.05) is 23.9 Å². The molecule has 0 amide bonds. The number of halogens is 2. The Balaban J connectivity index is 2.38. The van der Waals surface area contributed by atoms with Crippen molar-refractivity contribution in [2.24, 2.45) is 0 Å². The predicted octanol–water partition coefficient (Wildman–Crippen LogP) is 4.29. The number of hydrogen-bond acceptors (Lipinski definition) is 5. The predicted molar refractivity (Wildman–Crippen MR) is 77.4 cm³/mol. The summed E-state index contributed by atoms with van der Waals surface area (Å²) in [4.78, 5) is 25.2. The van der Waals surface area contributed by atoms with E-state index in [4.69, 9.17) is 27.9 Å². The molecule has 0 unspecified atom stereocenters. The molecule has 21 heavy (non-hydrogen) atoms. The largest absolute Gasteiger partial charge is 0.453 e. The first kappa shape index (κ1) is 15.2. The van der Waals surface area contributed by atoms with Crippen molar-refractivity contribution in [3.05, 3.63) is 56.3 Å². The molecule has 0 fully saturated rings. The van der Waals surface area contributed by atoms with Crippen LogP contribution in [0.1, 0.15) is 17.3 Å². The van der Waals surface area contributed by atoms with E-state index in [0.717, 1.165) is 12.1 Å². The number of benzene rings is 1.